The van der Waals surface area contributed by atoms with Gasteiger partial charge in [0, 0.05) is 18.5 Å². The molecule has 3 N–H and O–H groups in total. The van der Waals surface area contributed by atoms with Gasteiger partial charge in [0.2, 0.25) is 0 Å². The second kappa shape index (κ2) is 3.34. The number of halogens is 1. The number of H-pyrrole nitrogens is 1. The van der Waals surface area contributed by atoms with Gasteiger partial charge in [-0.05, 0) is 15.9 Å². The summed E-state index contributed by atoms with van der Waals surface area (Å²) in [7, 11) is 0. The molecule has 0 saturated carbocycles. The van der Waals surface area contributed by atoms with Crippen LogP contribution in [0.15, 0.2) is 16.9 Å². The van der Waals surface area contributed by atoms with Gasteiger partial charge in [0.05, 0.1) is 0 Å². The first-order valence-electron chi connectivity index (χ1n) is 2.85. The Balaban J connectivity index is 2.93. The van der Waals surface area contributed by atoms with Crippen molar-refractivity contribution in [1.82, 2.24) is 9.97 Å². The van der Waals surface area contributed by atoms with Crippen molar-refractivity contribution in [2.75, 3.05) is 0 Å². The molecule has 0 radical (unpaired) electrons. The maximum absolute atomic E-state index is 9.13. The molecule has 1 aromatic heterocycles. The third kappa shape index (κ3) is 1.91. The first-order valence-corrected chi connectivity index (χ1v) is 3.64. The minimum atomic E-state index is -0.0503. The minimum absolute atomic E-state index is 0.0503. The van der Waals surface area contributed by atoms with Gasteiger partial charge in [-0.1, -0.05) is 0 Å². The third-order valence-corrected chi connectivity index (χ3v) is 1.44. The number of aromatic nitrogens is 2. The van der Waals surface area contributed by atoms with Crippen LogP contribution in [0.4, 0.5) is 0 Å². The molecule has 11 heavy (non-hydrogen) atoms. The number of imidazole rings is 1. The highest BCUT2D eigenvalue weighted by molar-refractivity contribution is 9.10. The zero-order valence-electron chi connectivity index (χ0n) is 5.50. The van der Waals surface area contributed by atoms with Gasteiger partial charge >= 0.3 is 0 Å². The Hall–Kier alpha value is -1.10. The first kappa shape index (κ1) is 8.00. The summed E-state index contributed by atoms with van der Waals surface area (Å²) in [6.45, 7) is 0. The molecule has 0 aromatic carbocycles. The number of rotatable bonds is 2. The third-order valence-electron chi connectivity index (χ3n) is 1.03. The molecule has 58 valence electrons. The fourth-order valence-electron chi connectivity index (χ4n) is 0.588. The van der Waals surface area contributed by atoms with E-state index >= 15 is 0 Å². The van der Waals surface area contributed by atoms with Gasteiger partial charge in [0.15, 0.2) is 11.6 Å². The Morgan fingerprint density at radius 1 is 1.82 bits per heavy atom. The normalized spacial score (nSPS) is 11.5. The number of hydrogen-bond donors (Lipinski definition) is 3. The monoisotopic (exact) mass is 215 g/mol. The van der Waals surface area contributed by atoms with Gasteiger partial charge in [0.25, 0.3) is 0 Å². The average Bonchev–Trinajstić information content (AvgIpc) is 2.36. The van der Waals surface area contributed by atoms with E-state index in [1.807, 2.05) is 0 Å². The maximum Gasteiger partial charge on any atom is 0.173 e. The van der Waals surface area contributed by atoms with Gasteiger partial charge in [-0.3, -0.25) is 0 Å². The molecule has 1 aromatic rings. The summed E-state index contributed by atoms with van der Waals surface area (Å²) in [6.07, 6.45) is 3.83. The summed E-state index contributed by atoms with van der Waals surface area (Å²) in [5.41, 5.74) is 0. The summed E-state index contributed by atoms with van der Waals surface area (Å²) in [4.78, 5) is 6.58. The lowest BCUT2D eigenvalue weighted by Crippen LogP contribution is -1.85. The highest BCUT2D eigenvalue weighted by Crippen LogP contribution is 2.10. The topological polar surface area (TPSA) is 72.8 Å². The fraction of sp³-hybridized carbons (Fsp3) is 0. The zero-order valence-corrected chi connectivity index (χ0v) is 7.09. The molecular formula is C6H6BrN3O. The smallest absolute Gasteiger partial charge is 0.173 e. The van der Waals surface area contributed by atoms with E-state index in [1.165, 1.54) is 6.08 Å². The van der Waals surface area contributed by atoms with E-state index in [2.05, 4.69) is 25.9 Å². The molecule has 0 unspecified atom stereocenters. The van der Waals surface area contributed by atoms with Crippen molar-refractivity contribution < 1.29 is 5.11 Å². The first-order chi connectivity index (χ1) is 5.24. The molecule has 5 heteroatoms. The predicted molar refractivity (Wildman–Crippen MR) is 45.7 cm³/mol. The van der Waals surface area contributed by atoms with Crippen LogP contribution in [0.25, 0.3) is 5.76 Å². The zero-order chi connectivity index (χ0) is 8.27. The summed E-state index contributed by atoms with van der Waals surface area (Å²) in [5, 5.41) is 15.8. The number of aliphatic hydroxyl groups is 1. The molecule has 1 heterocycles. The van der Waals surface area contributed by atoms with Crippen LogP contribution < -0.4 is 0 Å². The molecule has 0 spiro atoms. The quantitative estimate of drug-likeness (QED) is 0.520. The number of aromatic amines is 1. The van der Waals surface area contributed by atoms with Gasteiger partial charge in [-0.2, -0.15) is 0 Å². The van der Waals surface area contributed by atoms with Gasteiger partial charge in [-0.25, -0.2) is 4.98 Å². The van der Waals surface area contributed by atoms with Crippen LogP contribution in [0.2, 0.25) is 0 Å². The van der Waals surface area contributed by atoms with E-state index < -0.39 is 0 Å². The Morgan fingerprint density at radius 3 is 3.00 bits per heavy atom. The van der Waals surface area contributed by atoms with Gasteiger partial charge < -0.3 is 15.5 Å². The van der Waals surface area contributed by atoms with E-state index in [1.54, 1.807) is 6.20 Å². The van der Waals surface area contributed by atoms with Crippen LogP contribution in [0.3, 0.4) is 0 Å². The predicted octanol–water partition coefficient (Wildman–Crippen LogP) is 1.72. The van der Waals surface area contributed by atoms with Crippen molar-refractivity contribution in [3.8, 4) is 0 Å². The summed E-state index contributed by atoms with van der Waals surface area (Å²) in [6, 6.07) is 0. The van der Waals surface area contributed by atoms with Crippen LogP contribution in [-0.4, -0.2) is 21.3 Å². The molecule has 0 aliphatic rings. The van der Waals surface area contributed by atoms with Crippen molar-refractivity contribution in [1.29, 1.82) is 5.41 Å². The number of nitrogens with one attached hydrogen (secondary N) is 2. The summed E-state index contributed by atoms with van der Waals surface area (Å²) in [5.74, 6) is 0.297. The van der Waals surface area contributed by atoms with Crippen LogP contribution >= 0.6 is 15.9 Å². The number of aliphatic hydroxyl groups excluding tert-OH is 1. The lowest BCUT2D eigenvalue weighted by Gasteiger charge is -1.89. The Bertz CT molecular complexity index is 292. The molecular weight excluding hydrogens is 210 g/mol. The molecule has 0 saturated heterocycles. The fourth-order valence-corrected chi connectivity index (χ4v) is 0.880. The Morgan fingerprint density at radius 2 is 2.55 bits per heavy atom. The van der Waals surface area contributed by atoms with Crippen LogP contribution in [-0.2, 0) is 0 Å². The maximum atomic E-state index is 9.13. The van der Waals surface area contributed by atoms with Crippen molar-refractivity contribution >= 4 is 27.9 Å². The van der Waals surface area contributed by atoms with Crippen molar-refractivity contribution in [2.45, 2.75) is 0 Å². The summed E-state index contributed by atoms with van der Waals surface area (Å²) >= 11 is 3.11. The highest BCUT2D eigenvalue weighted by Gasteiger charge is 2.01. The van der Waals surface area contributed by atoms with E-state index in [-0.39, 0.29) is 5.76 Å². The highest BCUT2D eigenvalue weighted by atomic mass is 79.9. The van der Waals surface area contributed by atoms with E-state index in [0.29, 0.717) is 10.4 Å². The molecule has 0 fully saturated rings. The molecule has 0 aliphatic heterocycles. The second-order valence-corrected chi connectivity index (χ2v) is 2.60. The van der Waals surface area contributed by atoms with Crippen LogP contribution in [0.5, 0.6) is 0 Å². The lowest BCUT2D eigenvalue weighted by molar-refractivity contribution is 0.506. The number of allylic oxidation sites excluding steroid dienone is 1. The Kier molecular flexibility index (Phi) is 2.43. The second-order valence-electron chi connectivity index (χ2n) is 1.79. The molecule has 1 rings (SSSR count). The average molecular weight is 216 g/mol. The molecule has 0 aliphatic carbocycles. The Labute approximate surface area is 71.6 Å². The number of nitrogens with zero attached hydrogens (tertiary/aromatic N) is 1. The summed E-state index contributed by atoms with van der Waals surface area (Å²) < 4.78 is 0.623. The molecule has 0 amide bonds. The van der Waals surface area contributed by atoms with Crippen molar-refractivity contribution in [3.63, 3.8) is 0 Å². The minimum Gasteiger partial charge on any atom is -0.504 e. The van der Waals surface area contributed by atoms with Crippen molar-refractivity contribution in [3.05, 3.63) is 22.7 Å². The van der Waals surface area contributed by atoms with Crippen molar-refractivity contribution in [2.24, 2.45) is 0 Å². The number of hydrogen-bond acceptors (Lipinski definition) is 3. The van der Waals surface area contributed by atoms with E-state index in [9.17, 15) is 0 Å². The lowest BCUT2D eigenvalue weighted by atomic mass is 10.4. The van der Waals surface area contributed by atoms with Gasteiger partial charge in [0.1, 0.15) is 4.60 Å². The van der Waals surface area contributed by atoms with Crippen LogP contribution in [0, 0.1) is 5.41 Å². The largest absolute Gasteiger partial charge is 0.504 e. The molecule has 0 bridgehead atoms. The van der Waals surface area contributed by atoms with E-state index in [4.69, 9.17) is 10.5 Å². The van der Waals surface area contributed by atoms with Gasteiger partial charge in [-0.15, -0.1) is 0 Å². The SMILES string of the molecule is N=C/C=C(/O)c1nc(Br)c[nH]1. The molecule has 4 nitrogen and oxygen atoms in total. The molecule has 0 atom stereocenters. The van der Waals surface area contributed by atoms with Crippen LogP contribution in [0.1, 0.15) is 5.82 Å². The van der Waals surface area contributed by atoms with E-state index in [0.717, 1.165) is 6.21 Å². The standard InChI is InChI=1S/C6H6BrN3O/c7-5-3-9-6(10-5)4(11)1-2-8/h1-3,8,11H,(H,9,10)/b4-1+,8-2?.